The first kappa shape index (κ1) is 17.3. The van der Waals surface area contributed by atoms with Crippen LogP contribution in [-0.4, -0.2) is 21.2 Å². The van der Waals surface area contributed by atoms with Crippen molar-refractivity contribution in [1.29, 1.82) is 0 Å². The zero-order valence-electron chi connectivity index (χ0n) is 14.8. The molecule has 0 amide bonds. The van der Waals surface area contributed by atoms with E-state index in [-0.39, 0.29) is 18.0 Å². The summed E-state index contributed by atoms with van der Waals surface area (Å²) in [6.07, 6.45) is 1.44. The maximum Gasteiger partial charge on any atom is 0.331 e. The fourth-order valence-electron chi connectivity index (χ4n) is 3.69. The Kier molecular flexibility index (Phi) is 4.64. The van der Waals surface area contributed by atoms with Gasteiger partial charge < -0.3 is 10.4 Å². The van der Waals surface area contributed by atoms with E-state index in [1.54, 1.807) is 0 Å². The molecule has 0 bridgehead atoms. The summed E-state index contributed by atoms with van der Waals surface area (Å²) in [6.45, 7) is 0.983. The number of nitrogens with zero attached hydrogens (tertiary/aromatic N) is 1. The molecule has 1 aliphatic rings. The number of rotatable bonds is 4. The van der Waals surface area contributed by atoms with Crippen molar-refractivity contribution in [2.75, 3.05) is 6.54 Å². The minimum atomic E-state index is -0.596. The van der Waals surface area contributed by atoms with Crippen LogP contribution in [0.5, 0.6) is 5.88 Å². The number of hydrogen-bond acceptors (Lipinski definition) is 4. The van der Waals surface area contributed by atoms with E-state index < -0.39 is 17.3 Å². The molecule has 0 saturated carbocycles. The Morgan fingerprint density at radius 2 is 1.78 bits per heavy atom. The average Bonchev–Trinajstić information content (AvgIpc) is 2.68. The molecule has 6 nitrogen and oxygen atoms in total. The lowest BCUT2D eigenvalue weighted by molar-refractivity contribution is 0.383. The molecule has 0 fully saturated rings. The van der Waals surface area contributed by atoms with Crippen LogP contribution in [0, 0.1) is 0 Å². The van der Waals surface area contributed by atoms with E-state index in [2.05, 4.69) is 10.3 Å². The number of nitrogens with one attached hydrogen (secondary N) is 2. The van der Waals surface area contributed by atoms with Crippen LogP contribution in [0.2, 0.25) is 0 Å². The summed E-state index contributed by atoms with van der Waals surface area (Å²) in [6, 6.07) is 17.1. The van der Waals surface area contributed by atoms with Crippen molar-refractivity contribution in [2.45, 2.75) is 25.4 Å². The second-order valence-electron chi connectivity index (χ2n) is 6.72. The first-order chi connectivity index (χ1) is 13.1. The highest BCUT2D eigenvalue weighted by molar-refractivity contribution is 5.42. The third-order valence-electron chi connectivity index (χ3n) is 5.07. The lowest BCUT2D eigenvalue weighted by Gasteiger charge is -2.27. The van der Waals surface area contributed by atoms with Crippen LogP contribution in [0.1, 0.15) is 28.3 Å². The Bertz CT molecular complexity index is 1070. The van der Waals surface area contributed by atoms with E-state index in [1.165, 1.54) is 4.57 Å². The van der Waals surface area contributed by atoms with Gasteiger partial charge in [-0.1, -0.05) is 54.6 Å². The highest BCUT2D eigenvalue weighted by Gasteiger charge is 2.28. The summed E-state index contributed by atoms with van der Waals surface area (Å²) in [5.74, 6) is -0.270. The van der Waals surface area contributed by atoms with Crippen molar-refractivity contribution < 1.29 is 5.11 Å². The number of aromatic hydroxyl groups is 1. The number of H-pyrrole nitrogens is 1. The number of hydrogen-bond donors (Lipinski definition) is 3. The van der Waals surface area contributed by atoms with Crippen LogP contribution in [0.25, 0.3) is 0 Å². The second kappa shape index (κ2) is 7.25. The summed E-state index contributed by atoms with van der Waals surface area (Å²) >= 11 is 0. The molecule has 2 heterocycles. The van der Waals surface area contributed by atoms with E-state index >= 15 is 0 Å². The Hall–Kier alpha value is -3.12. The van der Waals surface area contributed by atoms with Crippen molar-refractivity contribution in [2.24, 2.45) is 0 Å². The zero-order chi connectivity index (χ0) is 18.8. The first-order valence-electron chi connectivity index (χ1n) is 9.06. The number of aromatic amines is 1. The fourth-order valence-corrected chi connectivity index (χ4v) is 3.69. The standard InChI is InChI=1S/C21H21N3O3/c25-19-17(18-16-9-5-4-8-15(16)10-12-22-18)20(26)24(21(27)23-19)13-11-14-6-2-1-3-7-14/h1-9,18,22,26H,10-13H2,(H,23,25,27). The first-order valence-corrected chi connectivity index (χ1v) is 9.06. The smallest absolute Gasteiger partial charge is 0.331 e. The topological polar surface area (TPSA) is 87.1 Å². The van der Waals surface area contributed by atoms with Gasteiger partial charge >= 0.3 is 5.69 Å². The van der Waals surface area contributed by atoms with E-state index in [0.717, 1.165) is 23.1 Å². The van der Waals surface area contributed by atoms with Gasteiger partial charge in [0.15, 0.2) is 0 Å². The molecule has 4 rings (SSSR count). The third-order valence-corrected chi connectivity index (χ3v) is 5.07. The summed E-state index contributed by atoms with van der Waals surface area (Å²) in [5.41, 5.74) is 2.19. The monoisotopic (exact) mass is 363 g/mol. The molecule has 3 N–H and O–H groups in total. The van der Waals surface area contributed by atoms with Gasteiger partial charge in [-0.15, -0.1) is 0 Å². The van der Waals surface area contributed by atoms with Crippen molar-refractivity contribution in [1.82, 2.24) is 14.9 Å². The number of aromatic nitrogens is 2. The van der Waals surface area contributed by atoms with Crippen molar-refractivity contribution in [3.8, 4) is 5.88 Å². The highest BCUT2D eigenvalue weighted by Crippen LogP contribution is 2.30. The Labute approximate surface area is 156 Å². The van der Waals surface area contributed by atoms with Crippen LogP contribution in [0.3, 0.4) is 0 Å². The molecule has 1 unspecified atom stereocenters. The molecule has 0 radical (unpaired) electrons. The zero-order valence-corrected chi connectivity index (χ0v) is 14.8. The third kappa shape index (κ3) is 3.31. The van der Waals surface area contributed by atoms with Crippen LogP contribution < -0.4 is 16.6 Å². The normalized spacial score (nSPS) is 16.1. The van der Waals surface area contributed by atoms with Gasteiger partial charge in [-0.05, 0) is 29.5 Å². The van der Waals surface area contributed by atoms with Gasteiger partial charge in [-0.25, -0.2) is 4.79 Å². The molecule has 138 valence electrons. The summed E-state index contributed by atoms with van der Waals surface area (Å²) in [4.78, 5) is 27.2. The Balaban J connectivity index is 1.74. The molecular weight excluding hydrogens is 342 g/mol. The maximum atomic E-state index is 12.5. The van der Waals surface area contributed by atoms with Gasteiger partial charge in [0.05, 0.1) is 11.6 Å². The van der Waals surface area contributed by atoms with Crippen LogP contribution in [0.4, 0.5) is 0 Å². The molecule has 2 aromatic carbocycles. The molecule has 27 heavy (non-hydrogen) atoms. The van der Waals surface area contributed by atoms with Gasteiger partial charge in [-0.2, -0.15) is 0 Å². The van der Waals surface area contributed by atoms with Crippen LogP contribution in [-0.2, 0) is 19.4 Å². The molecule has 1 atom stereocenters. The number of aryl methyl sites for hydroxylation is 1. The van der Waals surface area contributed by atoms with E-state index in [4.69, 9.17) is 0 Å². The predicted octanol–water partition coefficient (Wildman–Crippen LogP) is 1.72. The van der Waals surface area contributed by atoms with E-state index in [0.29, 0.717) is 13.0 Å². The van der Waals surface area contributed by atoms with Gasteiger partial charge in [-0.3, -0.25) is 14.3 Å². The fraction of sp³-hybridized carbons (Fsp3) is 0.238. The highest BCUT2D eigenvalue weighted by atomic mass is 16.3. The van der Waals surface area contributed by atoms with Crippen LogP contribution >= 0.6 is 0 Å². The van der Waals surface area contributed by atoms with E-state index in [1.807, 2.05) is 54.6 Å². The SMILES string of the molecule is O=c1[nH]c(=O)n(CCc2ccccc2)c(O)c1C1NCCc2ccccc21. The largest absolute Gasteiger partial charge is 0.494 e. The second-order valence-corrected chi connectivity index (χ2v) is 6.72. The summed E-state index contributed by atoms with van der Waals surface area (Å²) in [7, 11) is 0. The molecule has 0 saturated heterocycles. The molecule has 3 aromatic rings. The number of fused-ring (bicyclic) bond motifs is 1. The van der Waals surface area contributed by atoms with Crippen LogP contribution in [0.15, 0.2) is 64.2 Å². The maximum absolute atomic E-state index is 12.5. The quantitative estimate of drug-likeness (QED) is 0.659. The molecule has 6 heteroatoms. The Morgan fingerprint density at radius 1 is 1.04 bits per heavy atom. The van der Waals surface area contributed by atoms with Crippen molar-refractivity contribution in [3.05, 3.63) is 97.7 Å². The summed E-state index contributed by atoms with van der Waals surface area (Å²) < 4.78 is 1.24. The predicted molar refractivity (Wildman–Crippen MR) is 103 cm³/mol. The van der Waals surface area contributed by atoms with E-state index in [9.17, 15) is 14.7 Å². The molecule has 1 aromatic heterocycles. The average molecular weight is 363 g/mol. The summed E-state index contributed by atoms with van der Waals surface area (Å²) in [5, 5.41) is 14.1. The Morgan fingerprint density at radius 3 is 2.59 bits per heavy atom. The minimum absolute atomic E-state index is 0.190. The minimum Gasteiger partial charge on any atom is -0.494 e. The molecular formula is C21H21N3O3. The van der Waals surface area contributed by atoms with Gasteiger partial charge in [0.25, 0.3) is 5.56 Å². The molecule has 1 aliphatic heterocycles. The van der Waals surface area contributed by atoms with Crippen molar-refractivity contribution >= 4 is 0 Å². The lowest BCUT2D eigenvalue weighted by Crippen LogP contribution is -2.39. The van der Waals surface area contributed by atoms with Gasteiger partial charge in [0, 0.05) is 13.1 Å². The van der Waals surface area contributed by atoms with Gasteiger partial charge in [0.1, 0.15) is 0 Å². The van der Waals surface area contributed by atoms with Crippen molar-refractivity contribution in [3.63, 3.8) is 0 Å². The number of benzene rings is 2. The molecule has 0 aliphatic carbocycles. The van der Waals surface area contributed by atoms with Gasteiger partial charge in [0.2, 0.25) is 5.88 Å². The lowest BCUT2D eigenvalue weighted by atomic mass is 9.90. The molecule has 0 spiro atoms.